The summed E-state index contributed by atoms with van der Waals surface area (Å²) in [6.45, 7) is 0.0825. The smallest absolute Gasteiger partial charge is 0.251 e. The second-order valence-corrected chi connectivity index (χ2v) is 6.70. The van der Waals surface area contributed by atoms with Crippen LogP contribution in [0.4, 0.5) is 11.5 Å². The van der Waals surface area contributed by atoms with Crippen LogP contribution in [0.2, 0.25) is 0 Å². The number of amides is 3. The maximum Gasteiger partial charge on any atom is 0.251 e. The van der Waals surface area contributed by atoms with E-state index >= 15 is 0 Å². The van der Waals surface area contributed by atoms with Gasteiger partial charge < -0.3 is 16.0 Å². The van der Waals surface area contributed by atoms with Crippen molar-refractivity contribution in [2.45, 2.75) is 0 Å². The largest absolute Gasteiger partial charge is 0.355 e. The predicted molar refractivity (Wildman–Crippen MR) is 107 cm³/mol. The number of carbonyl (C=O) groups excluding carboxylic acids is 3. The topological polar surface area (TPSA) is 103 Å². The molecular weight excluding hydrogens is 414 g/mol. The molecule has 9 heteroatoms. The van der Waals surface area contributed by atoms with Gasteiger partial charge in [-0.25, -0.2) is 4.98 Å². The number of pyridine rings is 1. The van der Waals surface area contributed by atoms with E-state index in [0.717, 1.165) is 4.47 Å². The lowest BCUT2D eigenvalue weighted by Crippen LogP contribution is -2.36. The third kappa shape index (κ3) is 6.80. The van der Waals surface area contributed by atoms with E-state index in [-0.39, 0.29) is 30.8 Å². The summed E-state index contributed by atoms with van der Waals surface area (Å²) < 4.78 is 0.817. The molecule has 0 saturated carbocycles. The Labute approximate surface area is 165 Å². The first-order valence-corrected chi connectivity index (χ1v) is 8.88. The molecule has 1 aromatic heterocycles. The normalized spacial score (nSPS) is 10.4. The Hall–Kier alpha value is -2.78. The van der Waals surface area contributed by atoms with Crippen molar-refractivity contribution in [3.8, 4) is 0 Å². The van der Waals surface area contributed by atoms with E-state index < -0.39 is 0 Å². The van der Waals surface area contributed by atoms with E-state index in [9.17, 15) is 14.4 Å². The first-order valence-electron chi connectivity index (χ1n) is 8.09. The van der Waals surface area contributed by atoms with Gasteiger partial charge in [0.2, 0.25) is 11.8 Å². The highest BCUT2D eigenvalue weighted by Gasteiger charge is 2.12. The summed E-state index contributed by atoms with van der Waals surface area (Å²) >= 11 is 3.27. The van der Waals surface area contributed by atoms with E-state index in [1.807, 2.05) is 0 Å². The molecule has 0 spiro atoms. The van der Waals surface area contributed by atoms with Crippen LogP contribution in [0.5, 0.6) is 0 Å². The van der Waals surface area contributed by atoms with Crippen molar-refractivity contribution in [3.63, 3.8) is 0 Å². The number of hydrogen-bond acceptors (Lipinski definition) is 5. The number of likely N-dealkylation sites (N-methyl/N-ethyl adjacent to an activating group) is 1. The SMILES string of the molecule is CNC(=O)c1ccc(NC(=O)CN(C)CC(=O)Nc2ccc(Br)cn2)cc1. The molecule has 1 heterocycles. The maximum absolute atomic E-state index is 12.1. The summed E-state index contributed by atoms with van der Waals surface area (Å²) in [6.07, 6.45) is 1.59. The van der Waals surface area contributed by atoms with E-state index in [1.54, 1.807) is 61.6 Å². The minimum Gasteiger partial charge on any atom is -0.355 e. The number of aromatic nitrogens is 1. The van der Waals surface area contributed by atoms with Crippen molar-refractivity contribution < 1.29 is 14.4 Å². The fraction of sp³-hybridized carbons (Fsp3) is 0.222. The van der Waals surface area contributed by atoms with Crippen LogP contribution >= 0.6 is 15.9 Å². The van der Waals surface area contributed by atoms with Crippen molar-refractivity contribution in [2.24, 2.45) is 0 Å². The summed E-state index contributed by atoms with van der Waals surface area (Å²) in [5, 5.41) is 7.92. The van der Waals surface area contributed by atoms with Gasteiger partial charge in [-0.1, -0.05) is 0 Å². The molecule has 0 fully saturated rings. The third-order valence-electron chi connectivity index (χ3n) is 3.48. The van der Waals surface area contributed by atoms with E-state index in [4.69, 9.17) is 0 Å². The highest BCUT2D eigenvalue weighted by Crippen LogP contribution is 2.11. The second kappa shape index (κ2) is 9.79. The van der Waals surface area contributed by atoms with Crippen molar-refractivity contribution >= 4 is 45.2 Å². The van der Waals surface area contributed by atoms with Gasteiger partial charge >= 0.3 is 0 Å². The monoisotopic (exact) mass is 433 g/mol. The number of anilines is 2. The lowest BCUT2D eigenvalue weighted by Gasteiger charge is -2.16. The number of rotatable bonds is 7. The minimum atomic E-state index is -0.268. The van der Waals surface area contributed by atoms with Crippen molar-refractivity contribution in [3.05, 3.63) is 52.6 Å². The maximum atomic E-state index is 12.1. The quantitative estimate of drug-likeness (QED) is 0.616. The average Bonchev–Trinajstić information content (AvgIpc) is 2.63. The Kier molecular flexibility index (Phi) is 7.44. The first-order chi connectivity index (χ1) is 12.9. The van der Waals surface area contributed by atoms with Gasteiger partial charge in [-0.15, -0.1) is 0 Å². The van der Waals surface area contributed by atoms with Crippen molar-refractivity contribution in [1.29, 1.82) is 0 Å². The molecule has 0 aliphatic carbocycles. The van der Waals surface area contributed by atoms with Crippen LogP contribution in [-0.4, -0.2) is 54.8 Å². The van der Waals surface area contributed by atoms with Gasteiger partial charge in [-0.2, -0.15) is 0 Å². The molecule has 0 saturated heterocycles. The zero-order valence-electron chi connectivity index (χ0n) is 15.0. The van der Waals surface area contributed by atoms with Gasteiger partial charge in [0.25, 0.3) is 5.91 Å². The fourth-order valence-electron chi connectivity index (χ4n) is 2.23. The third-order valence-corrected chi connectivity index (χ3v) is 3.95. The van der Waals surface area contributed by atoms with Crippen molar-refractivity contribution in [2.75, 3.05) is 37.8 Å². The molecule has 27 heavy (non-hydrogen) atoms. The van der Waals surface area contributed by atoms with Gasteiger partial charge in [0, 0.05) is 29.0 Å². The van der Waals surface area contributed by atoms with Crippen LogP contribution < -0.4 is 16.0 Å². The molecule has 0 aliphatic rings. The number of halogens is 1. The van der Waals surface area contributed by atoms with Crippen LogP contribution in [0.3, 0.4) is 0 Å². The summed E-state index contributed by atoms with van der Waals surface area (Å²) in [4.78, 5) is 41.2. The number of nitrogens with zero attached hydrogens (tertiary/aromatic N) is 2. The Morgan fingerprint density at radius 3 is 2.19 bits per heavy atom. The van der Waals surface area contributed by atoms with Gasteiger partial charge in [-0.05, 0) is 59.4 Å². The Balaban J connectivity index is 1.79. The molecule has 2 aromatic rings. The number of nitrogens with one attached hydrogen (secondary N) is 3. The molecule has 142 valence electrons. The Morgan fingerprint density at radius 2 is 1.63 bits per heavy atom. The molecule has 2 rings (SSSR count). The molecule has 3 N–H and O–H groups in total. The Bertz CT molecular complexity index is 809. The summed E-state index contributed by atoms with van der Waals surface area (Å²) in [6, 6.07) is 9.99. The van der Waals surface area contributed by atoms with Crippen molar-refractivity contribution in [1.82, 2.24) is 15.2 Å². The number of benzene rings is 1. The molecule has 8 nitrogen and oxygen atoms in total. The lowest BCUT2D eigenvalue weighted by molar-refractivity contribution is -0.119. The van der Waals surface area contributed by atoms with Crippen LogP contribution in [0, 0.1) is 0 Å². The second-order valence-electron chi connectivity index (χ2n) is 5.79. The minimum absolute atomic E-state index is 0.0401. The molecule has 0 unspecified atom stereocenters. The zero-order valence-corrected chi connectivity index (χ0v) is 16.5. The number of hydrogen-bond donors (Lipinski definition) is 3. The van der Waals surface area contributed by atoms with Crippen LogP contribution in [0.25, 0.3) is 0 Å². The highest BCUT2D eigenvalue weighted by molar-refractivity contribution is 9.10. The molecular formula is C18H20BrN5O3. The molecule has 0 atom stereocenters. The first kappa shape index (κ1) is 20.5. The van der Waals surface area contributed by atoms with Crippen LogP contribution in [0.1, 0.15) is 10.4 Å². The van der Waals surface area contributed by atoms with Gasteiger partial charge in [0.05, 0.1) is 13.1 Å². The van der Waals surface area contributed by atoms with Gasteiger partial charge in [0.1, 0.15) is 5.82 Å². The predicted octanol–water partition coefficient (Wildman–Crippen LogP) is 1.71. The van der Waals surface area contributed by atoms with E-state index in [0.29, 0.717) is 17.1 Å². The molecule has 0 bridgehead atoms. The average molecular weight is 434 g/mol. The molecule has 3 amide bonds. The van der Waals surface area contributed by atoms with Gasteiger partial charge in [0.15, 0.2) is 0 Å². The molecule has 0 radical (unpaired) electrons. The van der Waals surface area contributed by atoms with E-state index in [2.05, 4.69) is 36.9 Å². The zero-order chi connectivity index (χ0) is 19.8. The van der Waals surface area contributed by atoms with Crippen LogP contribution in [0.15, 0.2) is 47.1 Å². The number of carbonyl (C=O) groups is 3. The lowest BCUT2D eigenvalue weighted by atomic mass is 10.2. The molecule has 1 aromatic carbocycles. The summed E-state index contributed by atoms with van der Waals surface area (Å²) in [5.74, 6) is -0.286. The summed E-state index contributed by atoms with van der Waals surface area (Å²) in [5.41, 5.74) is 1.08. The van der Waals surface area contributed by atoms with Crippen LogP contribution in [-0.2, 0) is 9.59 Å². The molecule has 0 aliphatic heterocycles. The summed E-state index contributed by atoms with van der Waals surface area (Å²) in [7, 11) is 3.22. The standard InChI is InChI=1S/C18H20BrN5O3/c1-20-18(27)12-3-6-14(7-4-12)22-16(25)10-24(2)11-17(26)23-15-8-5-13(19)9-21-15/h3-9H,10-11H2,1-2H3,(H,20,27)(H,22,25)(H,21,23,26). The highest BCUT2D eigenvalue weighted by atomic mass is 79.9. The fourth-order valence-corrected chi connectivity index (χ4v) is 2.46. The van der Waals surface area contributed by atoms with Gasteiger partial charge in [-0.3, -0.25) is 19.3 Å². The van der Waals surface area contributed by atoms with E-state index in [1.165, 1.54) is 0 Å². The Morgan fingerprint density at radius 1 is 1.00 bits per heavy atom.